The molecule has 0 bridgehead atoms. The Bertz CT molecular complexity index is 531. The Labute approximate surface area is 118 Å². The number of hydrogen-bond acceptors (Lipinski definition) is 3. The summed E-state index contributed by atoms with van der Waals surface area (Å²) in [5, 5.41) is 16.0. The molecule has 3 N–H and O–H groups in total. The molecule has 0 saturated heterocycles. The van der Waals surface area contributed by atoms with Crippen LogP contribution in [-0.4, -0.2) is 18.2 Å². The summed E-state index contributed by atoms with van der Waals surface area (Å²) in [6.45, 7) is 2.85. The van der Waals surface area contributed by atoms with Crippen molar-refractivity contribution in [2.24, 2.45) is 0 Å². The van der Waals surface area contributed by atoms with Gasteiger partial charge >= 0.3 is 0 Å². The Kier molecular flexibility index (Phi) is 5.53. The largest absolute Gasteiger partial charge is 0.508 e. The number of rotatable bonds is 7. The van der Waals surface area contributed by atoms with E-state index in [1.54, 1.807) is 0 Å². The number of phenols is 1. The van der Waals surface area contributed by atoms with E-state index in [1.807, 2.05) is 18.2 Å². The van der Waals surface area contributed by atoms with E-state index >= 15 is 0 Å². The predicted octanol–water partition coefficient (Wildman–Crippen LogP) is 2.41. The molecule has 3 nitrogen and oxygen atoms in total. The monoisotopic (exact) mass is 274 g/mol. The first-order valence-electron chi connectivity index (χ1n) is 6.68. The van der Waals surface area contributed by atoms with Gasteiger partial charge in [-0.15, -0.1) is 0 Å². The van der Waals surface area contributed by atoms with Crippen molar-refractivity contribution in [3.63, 3.8) is 0 Å². The Morgan fingerprint density at radius 3 is 2.35 bits per heavy atom. The third-order valence-electron chi connectivity index (χ3n) is 3.01. The molecule has 0 spiro atoms. The van der Waals surface area contributed by atoms with Crippen molar-refractivity contribution in [2.75, 3.05) is 13.1 Å². The van der Waals surface area contributed by atoms with Crippen LogP contribution in [0.5, 0.6) is 5.75 Å². The highest BCUT2D eigenvalue weighted by molar-refractivity contribution is 5.32. The average Bonchev–Trinajstić information content (AvgIpc) is 2.47. The normalized spacial score (nSPS) is 10.7. The molecule has 106 valence electrons. The second kappa shape index (κ2) is 7.62. The molecule has 0 aromatic heterocycles. The quantitative estimate of drug-likeness (QED) is 0.679. The standard InChI is InChI=1S/C16H19FN2O/c17-15-6-7-16(20)14(10-15)12-19-9-8-18-11-13-4-2-1-3-5-13/h1-7,10,18-20H,8-9,11-12H2. The Hall–Kier alpha value is -1.91. The third-order valence-corrected chi connectivity index (χ3v) is 3.01. The molecule has 0 radical (unpaired) electrons. The summed E-state index contributed by atoms with van der Waals surface area (Å²) in [5.74, 6) is -0.210. The SMILES string of the molecule is Oc1ccc(F)cc1CNCCNCc1ccccc1. The Balaban J connectivity index is 1.63. The highest BCUT2D eigenvalue weighted by atomic mass is 19.1. The second-order valence-electron chi connectivity index (χ2n) is 4.61. The first-order chi connectivity index (χ1) is 9.75. The first-order valence-corrected chi connectivity index (χ1v) is 6.68. The molecule has 20 heavy (non-hydrogen) atoms. The molecular formula is C16H19FN2O. The lowest BCUT2D eigenvalue weighted by Gasteiger charge is -2.08. The number of halogens is 1. The van der Waals surface area contributed by atoms with Crippen molar-refractivity contribution in [1.29, 1.82) is 0 Å². The third kappa shape index (κ3) is 4.64. The van der Waals surface area contributed by atoms with Gasteiger partial charge in [-0.2, -0.15) is 0 Å². The maximum Gasteiger partial charge on any atom is 0.123 e. The zero-order valence-corrected chi connectivity index (χ0v) is 11.3. The molecule has 0 unspecified atom stereocenters. The number of phenolic OH excluding ortho intramolecular Hbond substituents is 1. The Morgan fingerprint density at radius 1 is 0.900 bits per heavy atom. The molecule has 0 heterocycles. The van der Waals surface area contributed by atoms with E-state index in [4.69, 9.17) is 0 Å². The molecule has 0 saturated carbocycles. The van der Waals surface area contributed by atoms with Gasteiger partial charge in [0, 0.05) is 31.7 Å². The molecular weight excluding hydrogens is 255 g/mol. The van der Waals surface area contributed by atoms with Gasteiger partial charge in [-0.3, -0.25) is 0 Å². The maximum atomic E-state index is 13.0. The van der Waals surface area contributed by atoms with Gasteiger partial charge in [0.25, 0.3) is 0 Å². The van der Waals surface area contributed by atoms with Gasteiger partial charge in [0.1, 0.15) is 11.6 Å². The van der Waals surface area contributed by atoms with Crippen LogP contribution in [0.3, 0.4) is 0 Å². The van der Waals surface area contributed by atoms with Gasteiger partial charge in [0.05, 0.1) is 0 Å². The molecule has 2 aromatic carbocycles. The van der Waals surface area contributed by atoms with Gasteiger partial charge < -0.3 is 15.7 Å². The van der Waals surface area contributed by atoms with Crippen molar-refractivity contribution >= 4 is 0 Å². The molecule has 0 aliphatic carbocycles. The number of hydrogen-bond donors (Lipinski definition) is 3. The minimum Gasteiger partial charge on any atom is -0.508 e. The lowest BCUT2D eigenvalue weighted by atomic mass is 10.2. The van der Waals surface area contributed by atoms with E-state index in [-0.39, 0.29) is 11.6 Å². The fourth-order valence-electron chi connectivity index (χ4n) is 1.92. The van der Waals surface area contributed by atoms with Crippen molar-refractivity contribution < 1.29 is 9.50 Å². The average molecular weight is 274 g/mol. The van der Waals surface area contributed by atoms with E-state index in [0.717, 1.165) is 19.6 Å². The number of benzene rings is 2. The summed E-state index contributed by atoms with van der Waals surface area (Å²) in [7, 11) is 0. The van der Waals surface area contributed by atoms with Crippen LogP contribution in [-0.2, 0) is 13.1 Å². The second-order valence-corrected chi connectivity index (χ2v) is 4.61. The molecule has 0 aliphatic rings. The fraction of sp³-hybridized carbons (Fsp3) is 0.250. The highest BCUT2D eigenvalue weighted by Crippen LogP contribution is 2.17. The lowest BCUT2D eigenvalue weighted by molar-refractivity contribution is 0.461. The first kappa shape index (κ1) is 14.5. The van der Waals surface area contributed by atoms with Crippen molar-refractivity contribution in [3.8, 4) is 5.75 Å². The fourth-order valence-corrected chi connectivity index (χ4v) is 1.92. The molecule has 0 atom stereocenters. The smallest absolute Gasteiger partial charge is 0.123 e. The summed E-state index contributed by atoms with van der Waals surface area (Å²) in [6, 6.07) is 14.1. The van der Waals surface area contributed by atoms with Gasteiger partial charge in [0.2, 0.25) is 0 Å². The highest BCUT2D eigenvalue weighted by Gasteiger charge is 2.01. The molecule has 2 rings (SSSR count). The Morgan fingerprint density at radius 2 is 1.60 bits per heavy atom. The van der Waals surface area contributed by atoms with Gasteiger partial charge in [-0.05, 0) is 23.8 Å². The van der Waals surface area contributed by atoms with Crippen molar-refractivity contribution in [2.45, 2.75) is 13.1 Å². The zero-order chi connectivity index (χ0) is 14.2. The molecule has 0 amide bonds. The zero-order valence-electron chi connectivity index (χ0n) is 11.3. The molecule has 0 aliphatic heterocycles. The molecule has 4 heteroatoms. The summed E-state index contributed by atoms with van der Waals surface area (Å²) in [4.78, 5) is 0. The predicted molar refractivity (Wildman–Crippen MR) is 77.9 cm³/mol. The number of nitrogens with one attached hydrogen (secondary N) is 2. The van der Waals surface area contributed by atoms with Crippen LogP contribution in [0.15, 0.2) is 48.5 Å². The van der Waals surface area contributed by atoms with Crippen LogP contribution in [0, 0.1) is 5.82 Å². The van der Waals surface area contributed by atoms with E-state index in [0.29, 0.717) is 12.1 Å². The maximum absolute atomic E-state index is 13.0. The van der Waals surface area contributed by atoms with E-state index in [1.165, 1.54) is 23.8 Å². The summed E-state index contributed by atoms with van der Waals surface area (Å²) in [5.41, 5.74) is 1.82. The van der Waals surface area contributed by atoms with E-state index < -0.39 is 0 Å². The van der Waals surface area contributed by atoms with Gasteiger partial charge in [-0.1, -0.05) is 30.3 Å². The van der Waals surface area contributed by atoms with Crippen LogP contribution in [0.1, 0.15) is 11.1 Å². The molecule has 2 aromatic rings. The molecule has 0 fully saturated rings. The lowest BCUT2D eigenvalue weighted by Crippen LogP contribution is -2.26. The summed E-state index contributed by atoms with van der Waals surface area (Å²) in [6.07, 6.45) is 0. The van der Waals surface area contributed by atoms with Crippen molar-refractivity contribution in [1.82, 2.24) is 10.6 Å². The topological polar surface area (TPSA) is 44.3 Å². The van der Waals surface area contributed by atoms with Crippen LogP contribution in [0.2, 0.25) is 0 Å². The van der Waals surface area contributed by atoms with E-state index in [2.05, 4.69) is 22.8 Å². The minimum atomic E-state index is -0.332. The van der Waals surface area contributed by atoms with Gasteiger partial charge in [-0.25, -0.2) is 4.39 Å². The van der Waals surface area contributed by atoms with Crippen LogP contribution < -0.4 is 10.6 Å². The van der Waals surface area contributed by atoms with Crippen LogP contribution >= 0.6 is 0 Å². The number of aromatic hydroxyl groups is 1. The van der Waals surface area contributed by atoms with Gasteiger partial charge in [0.15, 0.2) is 0 Å². The minimum absolute atomic E-state index is 0.121. The van der Waals surface area contributed by atoms with Crippen molar-refractivity contribution in [3.05, 3.63) is 65.5 Å². The van der Waals surface area contributed by atoms with E-state index in [9.17, 15) is 9.50 Å². The van der Waals surface area contributed by atoms with Crippen LogP contribution in [0.4, 0.5) is 4.39 Å². The van der Waals surface area contributed by atoms with Crippen LogP contribution in [0.25, 0.3) is 0 Å². The summed E-state index contributed by atoms with van der Waals surface area (Å²) < 4.78 is 13.0. The summed E-state index contributed by atoms with van der Waals surface area (Å²) >= 11 is 0.